The van der Waals surface area contributed by atoms with Gasteiger partial charge in [-0.15, -0.1) is 0 Å². The van der Waals surface area contributed by atoms with Crippen LogP contribution in [0.3, 0.4) is 0 Å². The summed E-state index contributed by atoms with van der Waals surface area (Å²) in [7, 11) is 0. The highest BCUT2D eigenvalue weighted by molar-refractivity contribution is 9.10. The molecule has 5 nitrogen and oxygen atoms in total. The van der Waals surface area contributed by atoms with Gasteiger partial charge >= 0.3 is 0 Å². The van der Waals surface area contributed by atoms with Crippen LogP contribution in [0.5, 0.6) is 0 Å². The lowest BCUT2D eigenvalue weighted by atomic mass is 10.1. The molecule has 1 aliphatic heterocycles. The van der Waals surface area contributed by atoms with Crippen LogP contribution in [-0.2, 0) is 4.79 Å². The van der Waals surface area contributed by atoms with Crippen LogP contribution in [0, 0.1) is 12.7 Å². The van der Waals surface area contributed by atoms with Gasteiger partial charge < -0.3 is 5.32 Å². The zero-order chi connectivity index (χ0) is 18.8. The molecule has 3 amide bonds. The Balaban J connectivity index is 1.57. The molecule has 0 saturated heterocycles. The van der Waals surface area contributed by atoms with E-state index in [-0.39, 0.29) is 36.4 Å². The third-order valence-electron chi connectivity index (χ3n) is 4.11. The van der Waals surface area contributed by atoms with Crippen molar-refractivity contribution in [2.45, 2.75) is 19.8 Å². The van der Waals surface area contributed by atoms with E-state index in [2.05, 4.69) is 21.2 Å². The standard InChI is InChI=1S/C19H16BrFN2O3/c1-11-4-7-15(21)16(9-11)22-17(24)3-2-8-23-18(25)13-6-5-12(20)10-14(13)19(23)26/h4-7,9-10H,2-3,8H2,1H3,(H,22,24). The van der Waals surface area contributed by atoms with E-state index >= 15 is 0 Å². The predicted octanol–water partition coefficient (Wildman–Crippen LogP) is 3.91. The van der Waals surface area contributed by atoms with Gasteiger partial charge in [-0.2, -0.15) is 0 Å². The molecule has 0 unspecified atom stereocenters. The quantitative estimate of drug-likeness (QED) is 0.748. The molecule has 1 N–H and O–H groups in total. The van der Waals surface area contributed by atoms with E-state index in [9.17, 15) is 18.8 Å². The number of benzene rings is 2. The highest BCUT2D eigenvalue weighted by atomic mass is 79.9. The van der Waals surface area contributed by atoms with Crippen molar-refractivity contribution in [3.05, 3.63) is 63.4 Å². The highest BCUT2D eigenvalue weighted by Gasteiger charge is 2.35. The van der Waals surface area contributed by atoms with Crippen LogP contribution in [0.2, 0.25) is 0 Å². The van der Waals surface area contributed by atoms with E-state index < -0.39 is 5.82 Å². The summed E-state index contributed by atoms with van der Waals surface area (Å²) in [4.78, 5) is 37.8. The second-order valence-electron chi connectivity index (χ2n) is 6.09. The van der Waals surface area contributed by atoms with Crippen molar-refractivity contribution in [2.24, 2.45) is 0 Å². The number of aryl methyl sites for hydroxylation is 1. The monoisotopic (exact) mass is 418 g/mol. The largest absolute Gasteiger partial charge is 0.324 e. The lowest BCUT2D eigenvalue weighted by Gasteiger charge is -2.13. The number of anilines is 1. The number of halogens is 2. The summed E-state index contributed by atoms with van der Waals surface area (Å²) in [5.74, 6) is -1.59. The van der Waals surface area contributed by atoms with Gasteiger partial charge in [0.25, 0.3) is 11.8 Å². The van der Waals surface area contributed by atoms with Gasteiger partial charge in [0.05, 0.1) is 16.8 Å². The van der Waals surface area contributed by atoms with Gasteiger partial charge in [-0.25, -0.2) is 4.39 Å². The average Bonchev–Trinajstić information content (AvgIpc) is 2.82. The van der Waals surface area contributed by atoms with Gasteiger partial charge in [-0.05, 0) is 49.2 Å². The molecule has 1 aliphatic rings. The molecular weight excluding hydrogens is 403 g/mol. The lowest BCUT2D eigenvalue weighted by Crippen LogP contribution is -2.31. The number of nitrogens with zero attached hydrogens (tertiary/aromatic N) is 1. The molecule has 0 aromatic heterocycles. The van der Waals surface area contributed by atoms with Crippen molar-refractivity contribution in [1.29, 1.82) is 0 Å². The molecule has 0 spiro atoms. The fourth-order valence-electron chi connectivity index (χ4n) is 2.81. The normalized spacial score (nSPS) is 13.1. The van der Waals surface area contributed by atoms with Crippen molar-refractivity contribution in [3.8, 4) is 0 Å². The zero-order valence-corrected chi connectivity index (χ0v) is 15.6. The molecule has 0 saturated carbocycles. The maximum Gasteiger partial charge on any atom is 0.261 e. The first-order chi connectivity index (χ1) is 12.4. The molecule has 0 radical (unpaired) electrons. The molecule has 7 heteroatoms. The minimum Gasteiger partial charge on any atom is -0.324 e. The summed E-state index contributed by atoms with van der Waals surface area (Å²) in [6.45, 7) is 1.93. The van der Waals surface area contributed by atoms with E-state index in [0.717, 1.165) is 14.9 Å². The SMILES string of the molecule is Cc1ccc(F)c(NC(=O)CCCN2C(=O)c3ccc(Br)cc3C2=O)c1. The molecule has 134 valence electrons. The summed E-state index contributed by atoms with van der Waals surface area (Å²) in [6, 6.07) is 9.38. The Kier molecular flexibility index (Phi) is 5.18. The number of imide groups is 1. The summed E-state index contributed by atoms with van der Waals surface area (Å²) in [5.41, 5.74) is 1.68. The maximum atomic E-state index is 13.7. The summed E-state index contributed by atoms with van der Waals surface area (Å²) in [6.07, 6.45) is 0.371. The molecule has 0 aliphatic carbocycles. The van der Waals surface area contributed by atoms with Crippen LogP contribution in [0.25, 0.3) is 0 Å². The first kappa shape index (κ1) is 18.3. The molecule has 2 aromatic rings. The lowest BCUT2D eigenvalue weighted by molar-refractivity contribution is -0.116. The van der Waals surface area contributed by atoms with Crippen LogP contribution in [0.1, 0.15) is 39.1 Å². The topological polar surface area (TPSA) is 66.5 Å². The second-order valence-corrected chi connectivity index (χ2v) is 7.00. The molecule has 2 aromatic carbocycles. The van der Waals surface area contributed by atoms with Gasteiger partial charge in [0.15, 0.2) is 0 Å². The first-order valence-corrected chi connectivity index (χ1v) is 8.88. The van der Waals surface area contributed by atoms with Crippen LogP contribution < -0.4 is 5.32 Å². The molecule has 3 rings (SSSR count). The van der Waals surface area contributed by atoms with Crippen molar-refractivity contribution in [3.63, 3.8) is 0 Å². The van der Waals surface area contributed by atoms with E-state index in [0.29, 0.717) is 17.5 Å². The number of carbonyl (C=O) groups is 3. The zero-order valence-electron chi connectivity index (χ0n) is 14.0. The number of nitrogens with one attached hydrogen (secondary N) is 1. The molecule has 1 heterocycles. The fourth-order valence-corrected chi connectivity index (χ4v) is 3.17. The van der Waals surface area contributed by atoms with Crippen molar-refractivity contribution >= 4 is 39.3 Å². The number of amides is 3. The summed E-state index contributed by atoms with van der Waals surface area (Å²) >= 11 is 3.28. The van der Waals surface area contributed by atoms with Crippen LogP contribution in [-0.4, -0.2) is 29.2 Å². The van der Waals surface area contributed by atoms with E-state index in [1.807, 2.05) is 0 Å². The number of fused-ring (bicyclic) bond motifs is 1. The number of rotatable bonds is 5. The van der Waals surface area contributed by atoms with Gasteiger partial charge in [0.1, 0.15) is 5.82 Å². The van der Waals surface area contributed by atoms with Gasteiger partial charge in [-0.3, -0.25) is 19.3 Å². The third kappa shape index (κ3) is 3.67. The Hall–Kier alpha value is -2.54. The second kappa shape index (κ2) is 7.37. The number of hydrogen-bond donors (Lipinski definition) is 1. The fraction of sp³-hybridized carbons (Fsp3) is 0.211. The molecule has 0 atom stereocenters. The maximum absolute atomic E-state index is 13.7. The smallest absolute Gasteiger partial charge is 0.261 e. The number of hydrogen-bond acceptors (Lipinski definition) is 3. The minimum atomic E-state index is -0.505. The van der Waals surface area contributed by atoms with Gasteiger partial charge in [0, 0.05) is 17.4 Å². The van der Waals surface area contributed by atoms with Crippen molar-refractivity contribution < 1.29 is 18.8 Å². The minimum absolute atomic E-state index is 0.0739. The van der Waals surface area contributed by atoms with Crippen molar-refractivity contribution in [2.75, 3.05) is 11.9 Å². The molecule has 26 heavy (non-hydrogen) atoms. The van der Waals surface area contributed by atoms with E-state index in [4.69, 9.17) is 0 Å². The van der Waals surface area contributed by atoms with E-state index in [1.165, 1.54) is 6.07 Å². The summed E-state index contributed by atoms with van der Waals surface area (Å²) < 4.78 is 14.4. The Labute approximate surface area is 158 Å². The Bertz CT molecular complexity index is 914. The van der Waals surface area contributed by atoms with Gasteiger partial charge in [-0.1, -0.05) is 22.0 Å². The van der Waals surface area contributed by atoms with Gasteiger partial charge in [0.2, 0.25) is 5.91 Å². The third-order valence-corrected chi connectivity index (χ3v) is 4.61. The number of carbonyl (C=O) groups excluding carboxylic acids is 3. The average molecular weight is 419 g/mol. The van der Waals surface area contributed by atoms with E-state index in [1.54, 1.807) is 37.3 Å². The van der Waals surface area contributed by atoms with Crippen LogP contribution in [0.4, 0.5) is 10.1 Å². The Morgan fingerprint density at radius 2 is 1.85 bits per heavy atom. The predicted molar refractivity (Wildman–Crippen MR) is 98.5 cm³/mol. The summed E-state index contributed by atoms with van der Waals surface area (Å²) in [5, 5.41) is 2.51. The highest BCUT2D eigenvalue weighted by Crippen LogP contribution is 2.26. The Morgan fingerprint density at radius 3 is 2.62 bits per heavy atom. The molecule has 0 bridgehead atoms. The first-order valence-electron chi connectivity index (χ1n) is 8.08. The molecular formula is C19H16BrFN2O3. The van der Waals surface area contributed by atoms with Crippen molar-refractivity contribution in [1.82, 2.24) is 4.90 Å². The van der Waals surface area contributed by atoms with Crippen LogP contribution in [0.15, 0.2) is 40.9 Å². The Morgan fingerprint density at radius 1 is 1.12 bits per heavy atom. The van der Waals surface area contributed by atoms with Crippen LogP contribution >= 0.6 is 15.9 Å². The molecule has 0 fully saturated rings.